The van der Waals surface area contributed by atoms with Crippen molar-refractivity contribution in [2.75, 3.05) is 0 Å². The van der Waals surface area contributed by atoms with Gasteiger partial charge in [0.2, 0.25) is 0 Å². The van der Waals surface area contributed by atoms with Crippen molar-refractivity contribution >= 4 is 0 Å². The molecule has 1 nitrogen and oxygen atoms in total. The third kappa shape index (κ3) is 1.09. The second-order valence-electron chi connectivity index (χ2n) is 1.66. The van der Waals surface area contributed by atoms with Gasteiger partial charge in [-0.2, -0.15) is 4.39 Å². The SMILES string of the molecule is CC1=CCC=C(F)O1. The fourth-order valence-electron chi connectivity index (χ4n) is 0.555. The van der Waals surface area contributed by atoms with Gasteiger partial charge in [0, 0.05) is 0 Å². The minimum absolute atomic E-state index is 0.481. The predicted molar refractivity (Wildman–Crippen MR) is 28.6 cm³/mol. The molecule has 0 radical (unpaired) electrons. The number of hydrogen-bond acceptors (Lipinski definition) is 1. The van der Waals surface area contributed by atoms with Crippen LogP contribution in [0.4, 0.5) is 4.39 Å². The van der Waals surface area contributed by atoms with Crippen LogP contribution in [0, 0.1) is 0 Å². The lowest BCUT2D eigenvalue weighted by Crippen LogP contribution is -1.88. The van der Waals surface area contributed by atoms with Gasteiger partial charge >= 0.3 is 0 Å². The van der Waals surface area contributed by atoms with Crippen molar-refractivity contribution in [2.45, 2.75) is 13.3 Å². The molecule has 8 heavy (non-hydrogen) atoms. The molecule has 1 aliphatic heterocycles. The molecule has 1 aliphatic rings. The van der Waals surface area contributed by atoms with Crippen molar-refractivity contribution in [3.63, 3.8) is 0 Å². The molecule has 0 saturated carbocycles. The summed E-state index contributed by atoms with van der Waals surface area (Å²) in [5, 5.41) is 0. The first-order valence-electron chi connectivity index (χ1n) is 2.49. The lowest BCUT2D eigenvalue weighted by Gasteiger charge is -2.05. The van der Waals surface area contributed by atoms with E-state index in [4.69, 9.17) is 0 Å². The Labute approximate surface area is 47.5 Å². The van der Waals surface area contributed by atoms with Crippen LogP contribution in [-0.2, 0) is 4.74 Å². The lowest BCUT2D eigenvalue weighted by atomic mass is 10.3. The maximum Gasteiger partial charge on any atom is 0.274 e. The van der Waals surface area contributed by atoms with Crippen molar-refractivity contribution in [2.24, 2.45) is 0 Å². The number of allylic oxidation sites excluding steroid dienone is 3. The topological polar surface area (TPSA) is 9.23 Å². The van der Waals surface area contributed by atoms with Crippen LogP contribution in [0.25, 0.3) is 0 Å². The van der Waals surface area contributed by atoms with E-state index in [-0.39, 0.29) is 0 Å². The summed E-state index contributed by atoms with van der Waals surface area (Å²) in [6.45, 7) is 1.73. The second-order valence-corrected chi connectivity index (χ2v) is 1.66. The van der Waals surface area contributed by atoms with Crippen LogP contribution < -0.4 is 0 Å². The standard InChI is InChI=1S/C6H7FO/c1-5-3-2-4-6(7)8-5/h3-4H,2H2,1H3. The van der Waals surface area contributed by atoms with Crippen LogP contribution in [0.15, 0.2) is 23.9 Å². The molecule has 0 spiro atoms. The van der Waals surface area contributed by atoms with Crippen LogP contribution in [-0.4, -0.2) is 0 Å². The Hall–Kier alpha value is -0.790. The Bertz CT molecular complexity index is 131. The first-order chi connectivity index (χ1) is 3.79. The molecule has 0 unspecified atom stereocenters. The van der Waals surface area contributed by atoms with Gasteiger partial charge in [-0.1, -0.05) is 0 Å². The van der Waals surface area contributed by atoms with Gasteiger partial charge in [0.15, 0.2) is 0 Å². The first kappa shape index (κ1) is 5.35. The third-order valence-corrected chi connectivity index (χ3v) is 0.942. The number of halogens is 1. The van der Waals surface area contributed by atoms with E-state index >= 15 is 0 Å². The molecule has 0 fully saturated rings. The fourth-order valence-corrected chi connectivity index (χ4v) is 0.555. The molecular weight excluding hydrogens is 107 g/mol. The smallest absolute Gasteiger partial charge is 0.274 e. The average Bonchev–Trinajstić information content (AvgIpc) is 1.64. The molecular formula is C6H7FO. The van der Waals surface area contributed by atoms with Gasteiger partial charge in [0.25, 0.3) is 6.01 Å². The molecule has 1 rings (SSSR count). The quantitative estimate of drug-likeness (QED) is 0.468. The van der Waals surface area contributed by atoms with Gasteiger partial charge in [0.1, 0.15) is 5.76 Å². The van der Waals surface area contributed by atoms with Gasteiger partial charge in [-0.3, -0.25) is 0 Å². The highest BCUT2D eigenvalue weighted by molar-refractivity contribution is 5.04. The zero-order valence-corrected chi connectivity index (χ0v) is 4.65. The van der Waals surface area contributed by atoms with E-state index in [1.807, 2.05) is 6.08 Å². The molecule has 0 amide bonds. The normalized spacial score (nSPS) is 18.8. The summed E-state index contributed by atoms with van der Waals surface area (Å²) < 4.78 is 16.6. The summed E-state index contributed by atoms with van der Waals surface area (Å²) >= 11 is 0. The molecule has 2 heteroatoms. The molecule has 0 atom stereocenters. The largest absolute Gasteiger partial charge is 0.437 e. The van der Waals surface area contributed by atoms with Crippen LogP contribution in [0.2, 0.25) is 0 Å². The molecule has 0 aliphatic carbocycles. The monoisotopic (exact) mass is 114 g/mol. The van der Waals surface area contributed by atoms with E-state index in [0.29, 0.717) is 12.2 Å². The molecule has 0 aromatic rings. The predicted octanol–water partition coefficient (Wildman–Crippen LogP) is 2.12. The van der Waals surface area contributed by atoms with Gasteiger partial charge < -0.3 is 4.74 Å². The van der Waals surface area contributed by atoms with E-state index in [2.05, 4.69) is 4.74 Å². The molecule has 0 saturated heterocycles. The Morgan fingerprint density at radius 2 is 2.38 bits per heavy atom. The number of hydrogen-bond donors (Lipinski definition) is 0. The maximum atomic E-state index is 12.0. The number of ether oxygens (including phenoxy) is 1. The Balaban J connectivity index is 2.57. The van der Waals surface area contributed by atoms with Crippen molar-refractivity contribution in [3.8, 4) is 0 Å². The van der Waals surface area contributed by atoms with Crippen LogP contribution in [0.1, 0.15) is 13.3 Å². The second kappa shape index (κ2) is 1.99. The molecule has 1 heterocycles. The molecule has 0 N–H and O–H groups in total. The summed E-state index contributed by atoms with van der Waals surface area (Å²) in [6, 6.07) is -0.481. The minimum atomic E-state index is -0.481. The van der Waals surface area contributed by atoms with Crippen molar-refractivity contribution < 1.29 is 9.13 Å². The Morgan fingerprint density at radius 3 is 2.75 bits per heavy atom. The molecule has 44 valence electrons. The molecule has 0 bridgehead atoms. The summed E-state index contributed by atoms with van der Waals surface area (Å²) in [4.78, 5) is 0. The van der Waals surface area contributed by atoms with Crippen molar-refractivity contribution in [1.82, 2.24) is 0 Å². The first-order valence-corrected chi connectivity index (χ1v) is 2.49. The van der Waals surface area contributed by atoms with E-state index in [0.717, 1.165) is 0 Å². The zero-order chi connectivity index (χ0) is 5.98. The van der Waals surface area contributed by atoms with Gasteiger partial charge in [0.05, 0.1) is 0 Å². The zero-order valence-electron chi connectivity index (χ0n) is 4.65. The van der Waals surface area contributed by atoms with Crippen molar-refractivity contribution in [1.29, 1.82) is 0 Å². The van der Waals surface area contributed by atoms with Gasteiger partial charge in [-0.15, -0.1) is 0 Å². The highest BCUT2D eigenvalue weighted by Crippen LogP contribution is 2.13. The Morgan fingerprint density at radius 1 is 1.62 bits per heavy atom. The average molecular weight is 114 g/mol. The number of rotatable bonds is 0. The summed E-state index contributed by atoms with van der Waals surface area (Å²) in [7, 11) is 0. The maximum absolute atomic E-state index is 12.0. The highest BCUT2D eigenvalue weighted by Gasteiger charge is 2.00. The Kier molecular flexibility index (Phi) is 1.33. The van der Waals surface area contributed by atoms with Crippen LogP contribution in [0.3, 0.4) is 0 Å². The van der Waals surface area contributed by atoms with Crippen LogP contribution >= 0.6 is 0 Å². The van der Waals surface area contributed by atoms with E-state index in [1.165, 1.54) is 6.08 Å². The minimum Gasteiger partial charge on any atom is -0.437 e. The molecule has 0 aromatic heterocycles. The highest BCUT2D eigenvalue weighted by atomic mass is 19.1. The van der Waals surface area contributed by atoms with E-state index < -0.39 is 6.01 Å². The van der Waals surface area contributed by atoms with E-state index in [1.54, 1.807) is 6.92 Å². The molecule has 0 aromatic carbocycles. The fraction of sp³-hybridized carbons (Fsp3) is 0.333. The van der Waals surface area contributed by atoms with Crippen molar-refractivity contribution in [3.05, 3.63) is 23.9 Å². The third-order valence-electron chi connectivity index (χ3n) is 0.942. The van der Waals surface area contributed by atoms with Gasteiger partial charge in [-0.05, 0) is 25.5 Å². The van der Waals surface area contributed by atoms with E-state index in [9.17, 15) is 4.39 Å². The lowest BCUT2D eigenvalue weighted by molar-refractivity contribution is 0.209. The summed E-state index contributed by atoms with van der Waals surface area (Å²) in [6.07, 6.45) is 3.87. The summed E-state index contributed by atoms with van der Waals surface area (Å²) in [5.74, 6) is 0.644. The summed E-state index contributed by atoms with van der Waals surface area (Å²) in [5.41, 5.74) is 0. The van der Waals surface area contributed by atoms with Crippen LogP contribution in [0.5, 0.6) is 0 Å². The van der Waals surface area contributed by atoms with Gasteiger partial charge in [-0.25, -0.2) is 0 Å².